The Morgan fingerprint density at radius 3 is 2.90 bits per heavy atom. The van der Waals surface area contributed by atoms with Gasteiger partial charge in [0, 0.05) is 12.6 Å². The van der Waals surface area contributed by atoms with Crippen molar-refractivity contribution in [3.8, 4) is 17.7 Å². The third-order valence-electron chi connectivity index (χ3n) is 2.64. The molecule has 20 heavy (non-hydrogen) atoms. The van der Waals surface area contributed by atoms with Gasteiger partial charge in [0.25, 0.3) is 0 Å². The van der Waals surface area contributed by atoms with E-state index in [1.165, 1.54) is 0 Å². The minimum atomic E-state index is 0.0548. The number of benzene rings is 1. The molecule has 1 N–H and O–H groups in total. The Balaban J connectivity index is 1.94. The number of hydrogen-bond donors (Lipinski definition) is 1. The van der Waals surface area contributed by atoms with Gasteiger partial charge in [-0.1, -0.05) is 12.1 Å². The Hall–Kier alpha value is -2.74. The number of ether oxygens (including phenoxy) is 2. The average Bonchev–Trinajstić information content (AvgIpc) is 2.52. The number of anilines is 1. The van der Waals surface area contributed by atoms with Gasteiger partial charge in [-0.2, -0.15) is 5.26 Å². The summed E-state index contributed by atoms with van der Waals surface area (Å²) in [4.78, 5) is 4.12. The van der Waals surface area contributed by atoms with Crippen LogP contribution in [0.25, 0.3) is 0 Å². The van der Waals surface area contributed by atoms with Crippen molar-refractivity contribution in [3.63, 3.8) is 0 Å². The van der Waals surface area contributed by atoms with Gasteiger partial charge in [-0.3, -0.25) is 0 Å². The van der Waals surface area contributed by atoms with E-state index in [1.807, 2.05) is 36.4 Å². The molecule has 1 aromatic carbocycles. The van der Waals surface area contributed by atoms with Crippen molar-refractivity contribution >= 4 is 5.69 Å². The van der Waals surface area contributed by atoms with Crippen LogP contribution in [0.4, 0.5) is 5.69 Å². The van der Waals surface area contributed by atoms with Gasteiger partial charge < -0.3 is 14.8 Å². The predicted molar refractivity (Wildman–Crippen MR) is 75.7 cm³/mol. The Morgan fingerprint density at radius 1 is 1.30 bits per heavy atom. The second-order valence-corrected chi connectivity index (χ2v) is 4.04. The molecular formula is C15H15N3O2. The number of methoxy groups -OCH3 is 1. The first-order valence-corrected chi connectivity index (χ1v) is 6.14. The molecule has 0 radical (unpaired) electrons. The number of rotatable bonds is 6. The van der Waals surface area contributed by atoms with Crippen LogP contribution in [0.15, 0.2) is 42.6 Å². The second kappa shape index (κ2) is 7.00. The lowest BCUT2D eigenvalue weighted by Gasteiger charge is -2.08. The molecule has 2 rings (SSSR count). The Labute approximate surface area is 117 Å². The van der Waals surface area contributed by atoms with Crippen molar-refractivity contribution in [1.82, 2.24) is 4.98 Å². The molecule has 2 aromatic rings. The predicted octanol–water partition coefficient (Wildman–Crippen LogP) is 2.60. The van der Waals surface area contributed by atoms with Gasteiger partial charge in [0.2, 0.25) is 5.88 Å². The molecule has 0 aliphatic heterocycles. The summed E-state index contributed by atoms with van der Waals surface area (Å²) in [5, 5.41) is 11.7. The maximum atomic E-state index is 8.49. The molecular weight excluding hydrogens is 254 g/mol. The third-order valence-corrected chi connectivity index (χ3v) is 2.64. The van der Waals surface area contributed by atoms with Gasteiger partial charge in [-0.25, -0.2) is 4.98 Å². The topological polar surface area (TPSA) is 67.2 Å². The molecule has 0 aliphatic carbocycles. The monoisotopic (exact) mass is 269 g/mol. The molecule has 5 heteroatoms. The molecule has 1 aromatic heterocycles. The van der Waals surface area contributed by atoms with E-state index in [0.717, 1.165) is 11.3 Å². The SMILES string of the molecule is COc1ccc(NCc2cccc(OCC#N)c2)cn1. The van der Waals surface area contributed by atoms with Crippen molar-refractivity contribution in [3.05, 3.63) is 48.2 Å². The van der Waals surface area contributed by atoms with Crippen LogP contribution in [-0.2, 0) is 6.54 Å². The number of nitrogens with zero attached hydrogens (tertiary/aromatic N) is 2. The van der Waals surface area contributed by atoms with Crippen LogP contribution in [0.1, 0.15) is 5.56 Å². The van der Waals surface area contributed by atoms with Gasteiger partial charge in [0.1, 0.15) is 11.8 Å². The molecule has 0 saturated carbocycles. The maximum Gasteiger partial charge on any atom is 0.213 e. The van der Waals surface area contributed by atoms with Crippen molar-refractivity contribution in [2.75, 3.05) is 19.0 Å². The van der Waals surface area contributed by atoms with Gasteiger partial charge in [0.15, 0.2) is 6.61 Å². The van der Waals surface area contributed by atoms with Gasteiger partial charge in [-0.05, 0) is 23.8 Å². The van der Waals surface area contributed by atoms with Crippen LogP contribution >= 0.6 is 0 Å². The number of pyridine rings is 1. The van der Waals surface area contributed by atoms with E-state index in [4.69, 9.17) is 14.7 Å². The Bertz CT molecular complexity index is 591. The zero-order valence-electron chi connectivity index (χ0n) is 11.2. The van der Waals surface area contributed by atoms with E-state index < -0.39 is 0 Å². The maximum absolute atomic E-state index is 8.49. The molecule has 0 atom stereocenters. The quantitative estimate of drug-likeness (QED) is 0.873. The summed E-state index contributed by atoms with van der Waals surface area (Å²) in [6.07, 6.45) is 1.72. The molecule has 0 unspecified atom stereocenters. The molecule has 0 fully saturated rings. The summed E-state index contributed by atoms with van der Waals surface area (Å²) < 4.78 is 10.3. The van der Waals surface area contributed by atoms with Crippen molar-refractivity contribution in [2.45, 2.75) is 6.54 Å². The van der Waals surface area contributed by atoms with Crippen LogP contribution in [0.5, 0.6) is 11.6 Å². The molecule has 102 valence electrons. The van der Waals surface area contributed by atoms with Gasteiger partial charge in [-0.15, -0.1) is 0 Å². The van der Waals surface area contributed by atoms with Crippen LogP contribution in [-0.4, -0.2) is 18.7 Å². The van der Waals surface area contributed by atoms with Gasteiger partial charge >= 0.3 is 0 Å². The van der Waals surface area contributed by atoms with Crippen molar-refractivity contribution < 1.29 is 9.47 Å². The van der Waals surface area contributed by atoms with Crippen molar-refractivity contribution in [2.24, 2.45) is 0 Å². The van der Waals surface area contributed by atoms with Crippen LogP contribution in [0.3, 0.4) is 0 Å². The molecule has 0 aliphatic rings. The Morgan fingerprint density at radius 2 is 2.20 bits per heavy atom. The highest BCUT2D eigenvalue weighted by Gasteiger charge is 1.99. The largest absolute Gasteiger partial charge is 0.481 e. The Kier molecular flexibility index (Phi) is 4.79. The first-order chi connectivity index (χ1) is 9.81. The third kappa shape index (κ3) is 3.89. The molecule has 1 heterocycles. The molecule has 0 saturated heterocycles. The fourth-order valence-corrected chi connectivity index (χ4v) is 1.67. The van der Waals surface area contributed by atoms with Crippen LogP contribution in [0, 0.1) is 11.3 Å². The fourth-order valence-electron chi connectivity index (χ4n) is 1.67. The van der Waals surface area contributed by atoms with E-state index in [-0.39, 0.29) is 6.61 Å². The summed E-state index contributed by atoms with van der Waals surface area (Å²) in [6.45, 7) is 0.705. The lowest BCUT2D eigenvalue weighted by atomic mass is 10.2. The smallest absolute Gasteiger partial charge is 0.213 e. The zero-order valence-corrected chi connectivity index (χ0v) is 11.2. The zero-order chi connectivity index (χ0) is 14.2. The number of hydrogen-bond acceptors (Lipinski definition) is 5. The normalized spacial score (nSPS) is 9.60. The van der Waals surface area contributed by atoms with E-state index in [9.17, 15) is 0 Å². The van der Waals surface area contributed by atoms with E-state index >= 15 is 0 Å². The number of nitrogens with one attached hydrogen (secondary N) is 1. The highest BCUT2D eigenvalue weighted by molar-refractivity contribution is 5.43. The minimum absolute atomic E-state index is 0.0548. The average molecular weight is 269 g/mol. The standard InChI is InChI=1S/C15H15N3O2/c1-19-15-6-5-13(11-18-15)17-10-12-3-2-4-14(9-12)20-8-7-16/h2-6,9,11,17H,8,10H2,1H3. The van der Waals surface area contributed by atoms with E-state index in [2.05, 4.69) is 10.3 Å². The summed E-state index contributed by atoms with van der Waals surface area (Å²) in [6, 6.07) is 13.3. The number of nitriles is 1. The highest BCUT2D eigenvalue weighted by atomic mass is 16.5. The molecule has 0 amide bonds. The van der Waals surface area contributed by atoms with E-state index in [1.54, 1.807) is 19.4 Å². The number of aromatic nitrogens is 1. The first-order valence-electron chi connectivity index (χ1n) is 6.14. The van der Waals surface area contributed by atoms with E-state index in [0.29, 0.717) is 18.2 Å². The fraction of sp³-hybridized carbons (Fsp3) is 0.200. The van der Waals surface area contributed by atoms with Crippen LogP contribution in [0.2, 0.25) is 0 Å². The second-order valence-electron chi connectivity index (χ2n) is 4.04. The molecule has 0 spiro atoms. The summed E-state index contributed by atoms with van der Waals surface area (Å²) >= 11 is 0. The molecule has 0 bridgehead atoms. The highest BCUT2D eigenvalue weighted by Crippen LogP contribution is 2.16. The summed E-state index contributed by atoms with van der Waals surface area (Å²) in [5.41, 5.74) is 1.98. The summed E-state index contributed by atoms with van der Waals surface area (Å²) in [7, 11) is 1.59. The van der Waals surface area contributed by atoms with Gasteiger partial charge in [0.05, 0.1) is 19.0 Å². The first kappa shape index (κ1) is 13.7. The lowest BCUT2D eigenvalue weighted by Crippen LogP contribution is -2.01. The molecule has 5 nitrogen and oxygen atoms in total. The van der Waals surface area contributed by atoms with Crippen LogP contribution < -0.4 is 14.8 Å². The van der Waals surface area contributed by atoms with Crippen molar-refractivity contribution in [1.29, 1.82) is 5.26 Å². The summed E-state index contributed by atoms with van der Waals surface area (Å²) in [5.74, 6) is 1.28. The lowest BCUT2D eigenvalue weighted by molar-refractivity contribution is 0.368. The minimum Gasteiger partial charge on any atom is -0.481 e.